The molecule has 0 amide bonds. The molecule has 2 aliphatic carbocycles. The Morgan fingerprint density at radius 3 is 2.50 bits per heavy atom. The molecule has 1 aromatic rings. The summed E-state index contributed by atoms with van der Waals surface area (Å²) in [5.74, 6) is 1.25. The number of aliphatic hydroxyl groups is 1. The van der Waals surface area contributed by atoms with E-state index in [0.29, 0.717) is 5.92 Å². The van der Waals surface area contributed by atoms with Crippen molar-refractivity contribution in [2.75, 3.05) is 0 Å². The van der Waals surface area contributed by atoms with Gasteiger partial charge in [0, 0.05) is 0 Å². The molecule has 0 saturated heterocycles. The number of rotatable bonds is 3. The van der Waals surface area contributed by atoms with E-state index in [1.807, 2.05) is 6.92 Å². The van der Waals surface area contributed by atoms with Gasteiger partial charge in [0.2, 0.25) is 0 Å². The van der Waals surface area contributed by atoms with Crippen molar-refractivity contribution in [2.45, 2.75) is 50.5 Å². The minimum Gasteiger partial charge on any atom is -0.385 e. The SMILES string of the molecule is CC(O)(c1cccc(C2CCC2)c1)C1CC1. The Bertz CT molecular complexity index is 386. The van der Waals surface area contributed by atoms with Crippen LogP contribution in [0, 0.1) is 5.92 Å². The Morgan fingerprint density at radius 2 is 1.94 bits per heavy atom. The van der Waals surface area contributed by atoms with E-state index >= 15 is 0 Å². The predicted octanol–water partition coefficient (Wildman–Crippen LogP) is 3.57. The third-order valence-electron chi connectivity index (χ3n) is 4.42. The van der Waals surface area contributed by atoms with Gasteiger partial charge in [-0.15, -0.1) is 0 Å². The highest BCUT2D eigenvalue weighted by molar-refractivity contribution is 5.32. The van der Waals surface area contributed by atoms with E-state index in [4.69, 9.17) is 0 Å². The van der Waals surface area contributed by atoms with E-state index in [2.05, 4.69) is 24.3 Å². The summed E-state index contributed by atoms with van der Waals surface area (Å²) in [6, 6.07) is 8.65. The van der Waals surface area contributed by atoms with Crippen molar-refractivity contribution in [2.24, 2.45) is 5.92 Å². The largest absolute Gasteiger partial charge is 0.385 e. The molecule has 0 radical (unpaired) electrons. The molecule has 2 fully saturated rings. The summed E-state index contributed by atoms with van der Waals surface area (Å²) in [6.45, 7) is 1.98. The summed E-state index contributed by atoms with van der Waals surface area (Å²) in [5.41, 5.74) is 1.96. The first-order valence-corrected chi connectivity index (χ1v) is 6.51. The van der Waals surface area contributed by atoms with Gasteiger partial charge in [0.25, 0.3) is 0 Å². The fraction of sp³-hybridized carbons (Fsp3) is 0.600. The molecular formula is C15H20O. The van der Waals surface area contributed by atoms with E-state index in [9.17, 15) is 5.11 Å². The molecule has 0 aromatic heterocycles. The van der Waals surface area contributed by atoms with E-state index in [1.165, 1.54) is 37.7 Å². The molecule has 0 spiro atoms. The Kier molecular flexibility index (Phi) is 2.32. The zero-order valence-electron chi connectivity index (χ0n) is 9.95. The van der Waals surface area contributed by atoms with E-state index in [-0.39, 0.29) is 0 Å². The summed E-state index contributed by atoms with van der Waals surface area (Å²) in [7, 11) is 0. The molecule has 0 aliphatic heterocycles. The second kappa shape index (κ2) is 3.59. The summed E-state index contributed by atoms with van der Waals surface area (Å²) in [4.78, 5) is 0. The lowest BCUT2D eigenvalue weighted by atomic mass is 9.78. The average Bonchev–Trinajstić information content (AvgIpc) is 2.98. The lowest BCUT2D eigenvalue weighted by molar-refractivity contribution is 0.0329. The van der Waals surface area contributed by atoms with Crippen molar-refractivity contribution in [3.63, 3.8) is 0 Å². The van der Waals surface area contributed by atoms with Gasteiger partial charge >= 0.3 is 0 Å². The molecule has 3 rings (SSSR count). The van der Waals surface area contributed by atoms with Gasteiger partial charge in [-0.3, -0.25) is 0 Å². The van der Waals surface area contributed by atoms with Crippen molar-refractivity contribution in [1.29, 1.82) is 0 Å². The Morgan fingerprint density at radius 1 is 1.19 bits per heavy atom. The van der Waals surface area contributed by atoms with Crippen molar-refractivity contribution < 1.29 is 5.11 Å². The summed E-state index contributed by atoms with van der Waals surface area (Å²) >= 11 is 0. The average molecular weight is 216 g/mol. The van der Waals surface area contributed by atoms with Crippen LogP contribution in [0.3, 0.4) is 0 Å². The van der Waals surface area contributed by atoms with Gasteiger partial charge in [-0.2, -0.15) is 0 Å². The molecule has 1 unspecified atom stereocenters. The highest BCUT2D eigenvalue weighted by Crippen LogP contribution is 2.46. The molecule has 86 valence electrons. The topological polar surface area (TPSA) is 20.2 Å². The van der Waals surface area contributed by atoms with E-state index in [0.717, 1.165) is 11.5 Å². The Labute approximate surface area is 97.5 Å². The Balaban J connectivity index is 1.88. The molecule has 2 saturated carbocycles. The zero-order chi connectivity index (χ0) is 11.2. The van der Waals surface area contributed by atoms with Crippen LogP contribution in [0.25, 0.3) is 0 Å². The van der Waals surface area contributed by atoms with Gasteiger partial charge in [-0.25, -0.2) is 0 Å². The summed E-state index contributed by atoms with van der Waals surface area (Å²) in [6.07, 6.45) is 6.39. The van der Waals surface area contributed by atoms with Crippen LogP contribution in [-0.4, -0.2) is 5.11 Å². The molecule has 0 bridgehead atoms. The summed E-state index contributed by atoms with van der Waals surface area (Å²) in [5, 5.41) is 10.5. The first-order valence-electron chi connectivity index (χ1n) is 6.51. The van der Waals surface area contributed by atoms with E-state index in [1.54, 1.807) is 0 Å². The first kappa shape index (κ1) is 10.3. The van der Waals surface area contributed by atoms with Crippen LogP contribution in [-0.2, 0) is 5.60 Å². The van der Waals surface area contributed by atoms with Gasteiger partial charge in [-0.05, 0) is 55.6 Å². The number of benzene rings is 1. The molecule has 1 nitrogen and oxygen atoms in total. The van der Waals surface area contributed by atoms with Crippen LogP contribution in [0.5, 0.6) is 0 Å². The molecule has 0 heterocycles. The van der Waals surface area contributed by atoms with Crippen molar-refractivity contribution in [1.82, 2.24) is 0 Å². The highest BCUT2D eigenvalue weighted by atomic mass is 16.3. The normalized spacial score (nSPS) is 24.9. The Hall–Kier alpha value is -0.820. The highest BCUT2D eigenvalue weighted by Gasteiger charge is 2.41. The molecule has 1 N–H and O–H groups in total. The third-order valence-corrected chi connectivity index (χ3v) is 4.42. The van der Waals surface area contributed by atoms with Crippen molar-refractivity contribution in [3.8, 4) is 0 Å². The lowest BCUT2D eigenvalue weighted by Crippen LogP contribution is -2.24. The monoisotopic (exact) mass is 216 g/mol. The van der Waals surface area contributed by atoms with Crippen LogP contribution < -0.4 is 0 Å². The second-order valence-electron chi connectivity index (χ2n) is 5.68. The van der Waals surface area contributed by atoms with Crippen molar-refractivity contribution >= 4 is 0 Å². The molecular weight excluding hydrogens is 196 g/mol. The standard InChI is InChI=1S/C15H20O/c1-15(16,13-8-9-13)14-7-3-6-12(10-14)11-4-2-5-11/h3,6-7,10-11,13,16H,2,4-5,8-9H2,1H3. The smallest absolute Gasteiger partial charge is 0.0896 e. The maximum atomic E-state index is 10.5. The fourth-order valence-electron chi connectivity index (χ4n) is 2.73. The van der Waals surface area contributed by atoms with Gasteiger partial charge in [0.1, 0.15) is 0 Å². The van der Waals surface area contributed by atoms with Crippen LogP contribution in [0.4, 0.5) is 0 Å². The van der Waals surface area contributed by atoms with Crippen molar-refractivity contribution in [3.05, 3.63) is 35.4 Å². The number of hydrogen-bond acceptors (Lipinski definition) is 1. The van der Waals surface area contributed by atoms with Crippen LogP contribution in [0.2, 0.25) is 0 Å². The minimum absolute atomic E-state index is 0.490. The van der Waals surface area contributed by atoms with Crippen LogP contribution in [0.1, 0.15) is 56.1 Å². The van der Waals surface area contributed by atoms with Gasteiger partial charge < -0.3 is 5.11 Å². The molecule has 16 heavy (non-hydrogen) atoms. The minimum atomic E-state index is -0.597. The van der Waals surface area contributed by atoms with E-state index < -0.39 is 5.60 Å². The molecule has 1 aromatic carbocycles. The number of hydrogen-bond donors (Lipinski definition) is 1. The van der Waals surface area contributed by atoms with Crippen LogP contribution >= 0.6 is 0 Å². The molecule has 2 aliphatic rings. The fourth-order valence-corrected chi connectivity index (χ4v) is 2.73. The second-order valence-corrected chi connectivity index (χ2v) is 5.68. The maximum absolute atomic E-state index is 10.5. The zero-order valence-corrected chi connectivity index (χ0v) is 9.95. The third kappa shape index (κ3) is 1.67. The molecule has 1 heteroatoms. The van der Waals surface area contributed by atoms with Gasteiger partial charge in [-0.1, -0.05) is 30.7 Å². The predicted molar refractivity (Wildman–Crippen MR) is 65.3 cm³/mol. The van der Waals surface area contributed by atoms with Gasteiger partial charge in [0.15, 0.2) is 0 Å². The quantitative estimate of drug-likeness (QED) is 0.819. The van der Waals surface area contributed by atoms with Gasteiger partial charge in [0.05, 0.1) is 5.60 Å². The van der Waals surface area contributed by atoms with Crippen LogP contribution in [0.15, 0.2) is 24.3 Å². The molecule has 1 atom stereocenters. The first-order chi connectivity index (χ1) is 7.68. The summed E-state index contributed by atoms with van der Waals surface area (Å²) < 4.78 is 0. The maximum Gasteiger partial charge on any atom is 0.0896 e. The lowest BCUT2D eigenvalue weighted by Gasteiger charge is -2.29.